The third kappa shape index (κ3) is 3.49. The minimum absolute atomic E-state index is 0.0465. The van der Waals surface area contributed by atoms with Gasteiger partial charge in [0.05, 0.1) is 35.0 Å². The highest BCUT2D eigenvalue weighted by molar-refractivity contribution is 5.74. The summed E-state index contributed by atoms with van der Waals surface area (Å²) in [4.78, 5) is 25.3. The van der Waals surface area contributed by atoms with Gasteiger partial charge in [-0.25, -0.2) is 9.97 Å². The van der Waals surface area contributed by atoms with Crippen LogP contribution in [0.5, 0.6) is 0 Å². The van der Waals surface area contributed by atoms with Crippen LogP contribution >= 0.6 is 0 Å². The van der Waals surface area contributed by atoms with Crippen molar-refractivity contribution in [2.75, 3.05) is 13.1 Å². The molecular weight excluding hydrogens is 371 g/mol. The molecule has 0 aromatic carbocycles. The first kappa shape index (κ1) is 18.5. The van der Waals surface area contributed by atoms with Gasteiger partial charge in [0.15, 0.2) is 0 Å². The van der Waals surface area contributed by atoms with Crippen molar-refractivity contribution in [3.8, 4) is 0 Å². The molecule has 0 atom stereocenters. The zero-order valence-corrected chi connectivity index (χ0v) is 14.9. The molecule has 4 rings (SSSR count). The predicted molar refractivity (Wildman–Crippen MR) is 97.0 cm³/mol. The van der Waals surface area contributed by atoms with Gasteiger partial charge in [-0.3, -0.25) is 14.3 Å². The Morgan fingerprint density at radius 1 is 1.21 bits per heavy atom. The Labute approximate surface area is 158 Å². The second-order valence-electron chi connectivity index (χ2n) is 6.80. The van der Waals surface area contributed by atoms with E-state index in [0.717, 1.165) is 32.0 Å². The van der Waals surface area contributed by atoms with E-state index in [1.165, 1.54) is 29.4 Å². The molecule has 1 fully saturated rings. The number of aromatic nitrogens is 4. The van der Waals surface area contributed by atoms with E-state index in [1.807, 2.05) is 0 Å². The van der Waals surface area contributed by atoms with E-state index in [1.54, 1.807) is 6.07 Å². The summed E-state index contributed by atoms with van der Waals surface area (Å²) in [5.74, 6) is 0.0465. The molecule has 6 nitrogen and oxygen atoms in total. The minimum atomic E-state index is -4.55. The molecule has 28 heavy (non-hydrogen) atoms. The molecule has 0 amide bonds. The lowest BCUT2D eigenvalue weighted by Gasteiger charge is -2.23. The molecule has 146 valence electrons. The summed E-state index contributed by atoms with van der Waals surface area (Å²) in [6, 6.07) is 3.96. The van der Waals surface area contributed by atoms with E-state index in [0.29, 0.717) is 16.6 Å². The summed E-state index contributed by atoms with van der Waals surface area (Å²) in [5.41, 5.74) is 0.144. The molecule has 0 spiro atoms. The van der Waals surface area contributed by atoms with E-state index in [-0.39, 0.29) is 23.7 Å². The highest BCUT2D eigenvalue weighted by atomic mass is 19.4. The SMILES string of the molecule is O=c1c(C2CCNCC2)cc2ncncc2n1Cc1ncccc1C(F)(F)F. The number of nitrogens with one attached hydrogen (secondary N) is 1. The number of alkyl halides is 3. The highest BCUT2D eigenvalue weighted by Crippen LogP contribution is 2.31. The smallest absolute Gasteiger partial charge is 0.317 e. The first-order valence-electron chi connectivity index (χ1n) is 9.00. The lowest BCUT2D eigenvalue weighted by molar-refractivity contribution is -0.138. The zero-order chi connectivity index (χ0) is 19.7. The highest BCUT2D eigenvalue weighted by Gasteiger charge is 2.34. The largest absolute Gasteiger partial charge is 0.418 e. The maximum atomic E-state index is 13.4. The Morgan fingerprint density at radius 2 is 2.00 bits per heavy atom. The number of rotatable bonds is 3. The molecule has 0 bridgehead atoms. The lowest BCUT2D eigenvalue weighted by atomic mass is 9.91. The predicted octanol–water partition coefficient (Wildman–Crippen LogP) is 2.72. The fraction of sp³-hybridized carbons (Fsp3) is 0.368. The molecular formula is C19H18F3N5O. The van der Waals surface area contributed by atoms with Gasteiger partial charge in [-0.15, -0.1) is 0 Å². The number of halogens is 3. The fourth-order valence-corrected chi connectivity index (χ4v) is 3.68. The van der Waals surface area contributed by atoms with Crippen LogP contribution in [0.1, 0.15) is 35.6 Å². The number of nitrogens with zero attached hydrogens (tertiary/aromatic N) is 4. The van der Waals surface area contributed by atoms with Gasteiger partial charge in [-0.05, 0) is 50.0 Å². The maximum absolute atomic E-state index is 13.4. The summed E-state index contributed by atoms with van der Waals surface area (Å²) in [6.07, 6.45) is 1.15. The Hall–Kier alpha value is -2.81. The molecule has 0 aliphatic carbocycles. The van der Waals surface area contributed by atoms with E-state index in [9.17, 15) is 18.0 Å². The second kappa shape index (κ2) is 7.31. The lowest BCUT2D eigenvalue weighted by Crippen LogP contribution is -2.32. The molecule has 9 heteroatoms. The van der Waals surface area contributed by atoms with E-state index in [2.05, 4.69) is 20.3 Å². The van der Waals surface area contributed by atoms with Crippen molar-refractivity contribution in [1.29, 1.82) is 0 Å². The van der Waals surface area contributed by atoms with Gasteiger partial charge in [-0.2, -0.15) is 13.2 Å². The van der Waals surface area contributed by atoms with Crippen LogP contribution in [-0.2, 0) is 12.7 Å². The first-order valence-corrected chi connectivity index (χ1v) is 9.00. The summed E-state index contributed by atoms with van der Waals surface area (Å²) < 4.78 is 41.4. The van der Waals surface area contributed by atoms with Gasteiger partial charge in [0.2, 0.25) is 0 Å². The summed E-state index contributed by atoms with van der Waals surface area (Å²) in [6.45, 7) is 1.30. The third-order valence-corrected chi connectivity index (χ3v) is 5.08. The number of hydrogen-bond donors (Lipinski definition) is 1. The molecule has 1 aliphatic rings. The second-order valence-corrected chi connectivity index (χ2v) is 6.80. The van der Waals surface area contributed by atoms with E-state index >= 15 is 0 Å². The average molecular weight is 389 g/mol. The van der Waals surface area contributed by atoms with Gasteiger partial charge in [0.25, 0.3) is 5.56 Å². The van der Waals surface area contributed by atoms with Crippen molar-refractivity contribution in [3.05, 3.63) is 64.1 Å². The van der Waals surface area contributed by atoms with Crippen LogP contribution in [0.15, 0.2) is 41.7 Å². The molecule has 0 unspecified atom stereocenters. The molecule has 1 saturated heterocycles. The van der Waals surface area contributed by atoms with Gasteiger partial charge in [0.1, 0.15) is 6.33 Å². The average Bonchev–Trinajstić information content (AvgIpc) is 2.70. The van der Waals surface area contributed by atoms with Gasteiger partial charge >= 0.3 is 6.18 Å². The number of hydrogen-bond acceptors (Lipinski definition) is 5. The van der Waals surface area contributed by atoms with Crippen molar-refractivity contribution in [2.24, 2.45) is 0 Å². The maximum Gasteiger partial charge on any atom is 0.418 e. The minimum Gasteiger partial charge on any atom is -0.317 e. The van der Waals surface area contributed by atoms with Gasteiger partial charge < -0.3 is 5.32 Å². The van der Waals surface area contributed by atoms with Gasteiger partial charge in [-0.1, -0.05) is 0 Å². The van der Waals surface area contributed by atoms with Crippen molar-refractivity contribution in [1.82, 2.24) is 24.8 Å². The number of fused-ring (bicyclic) bond motifs is 1. The monoisotopic (exact) mass is 389 g/mol. The summed E-state index contributed by atoms with van der Waals surface area (Å²) >= 11 is 0. The van der Waals surface area contributed by atoms with Crippen LogP contribution in [0.4, 0.5) is 13.2 Å². The molecule has 1 aliphatic heterocycles. The number of pyridine rings is 2. The molecule has 0 saturated carbocycles. The van der Waals surface area contributed by atoms with Crippen molar-refractivity contribution < 1.29 is 13.2 Å². The van der Waals surface area contributed by atoms with Crippen molar-refractivity contribution in [2.45, 2.75) is 31.5 Å². The third-order valence-electron chi connectivity index (χ3n) is 5.08. The molecule has 3 aromatic heterocycles. The van der Waals surface area contributed by atoms with Crippen LogP contribution < -0.4 is 10.9 Å². The molecule has 4 heterocycles. The van der Waals surface area contributed by atoms with Crippen LogP contribution in [-0.4, -0.2) is 32.6 Å². The molecule has 0 radical (unpaired) electrons. The fourth-order valence-electron chi connectivity index (χ4n) is 3.68. The van der Waals surface area contributed by atoms with Crippen LogP contribution in [0.3, 0.4) is 0 Å². The van der Waals surface area contributed by atoms with Crippen LogP contribution in [0.25, 0.3) is 11.0 Å². The van der Waals surface area contributed by atoms with E-state index in [4.69, 9.17) is 0 Å². The Morgan fingerprint density at radius 3 is 2.75 bits per heavy atom. The van der Waals surface area contributed by atoms with E-state index < -0.39 is 11.7 Å². The topological polar surface area (TPSA) is 72.7 Å². The van der Waals surface area contributed by atoms with Crippen LogP contribution in [0.2, 0.25) is 0 Å². The van der Waals surface area contributed by atoms with Crippen molar-refractivity contribution in [3.63, 3.8) is 0 Å². The van der Waals surface area contributed by atoms with Crippen molar-refractivity contribution >= 4 is 11.0 Å². The zero-order valence-electron chi connectivity index (χ0n) is 14.9. The first-order chi connectivity index (χ1) is 13.4. The Bertz CT molecular complexity index is 1060. The Balaban J connectivity index is 1.87. The Kier molecular flexibility index (Phi) is 4.84. The summed E-state index contributed by atoms with van der Waals surface area (Å²) in [5, 5.41) is 3.25. The van der Waals surface area contributed by atoms with Crippen LogP contribution in [0, 0.1) is 0 Å². The summed E-state index contributed by atoms with van der Waals surface area (Å²) in [7, 11) is 0. The quantitative estimate of drug-likeness (QED) is 0.746. The normalized spacial score (nSPS) is 15.8. The standard InChI is InChI=1S/C19H18F3N5O/c20-19(21,22)14-2-1-5-25-16(14)10-27-17-9-24-11-26-15(17)8-13(18(27)28)12-3-6-23-7-4-12/h1-2,5,8-9,11-12,23H,3-4,6-7,10H2. The number of piperidine rings is 1. The van der Waals surface area contributed by atoms with Gasteiger partial charge in [0, 0.05) is 11.8 Å². The molecule has 3 aromatic rings. The molecule has 1 N–H and O–H groups in total.